The molecule has 0 aromatic heterocycles. The third kappa shape index (κ3) is 6.50. The molecular weight excluding hydrogens is 331 g/mol. The second kappa shape index (κ2) is 8.68. The van der Waals surface area contributed by atoms with Crippen LogP contribution in [0.3, 0.4) is 0 Å². The number of nitrogens with zero attached hydrogens (tertiary/aromatic N) is 1. The molecule has 2 aromatic rings. The first-order valence-corrected chi connectivity index (χ1v) is 7.40. The normalized spacial score (nSPS) is 11.8. The third-order valence-electron chi connectivity index (χ3n) is 3.08. The number of hydrogen-bond acceptors (Lipinski definition) is 3. The Bertz CT molecular complexity index is 756. The van der Waals surface area contributed by atoms with Crippen LogP contribution in [0.25, 0.3) is 6.08 Å². The van der Waals surface area contributed by atoms with Gasteiger partial charge in [0.05, 0.1) is 12.1 Å². The SMILES string of the molecule is O=C(CNc1cccc(C(F)(F)F)c1)NN=CC=Cc1ccccc1. The summed E-state index contributed by atoms with van der Waals surface area (Å²) in [6, 6.07) is 14.2. The molecule has 25 heavy (non-hydrogen) atoms. The Morgan fingerprint density at radius 3 is 2.56 bits per heavy atom. The van der Waals surface area contributed by atoms with Crippen molar-refractivity contribution >= 4 is 23.9 Å². The summed E-state index contributed by atoms with van der Waals surface area (Å²) in [5.41, 5.74) is 2.70. The second-order valence-electron chi connectivity index (χ2n) is 5.02. The fraction of sp³-hybridized carbons (Fsp3) is 0.111. The first-order valence-electron chi connectivity index (χ1n) is 7.40. The Hall–Kier alpha value is -3.09. The van der Waals surface area contributed by atoms with Gasteiger partial charge in [0, 0.05) is 11.9 Å². The lowest BCUT2D eigenvalue weighted by atomic mass is 10.2. The molecule has 0 heterocycles. The lowest BCUT2D eigenvalue weighted by Crippen LogP contribution is -2.25. The Kier molecular flexibility index (Phi) is 6.33. The molecule has 130 valence electrons. The van der Waals surface area contributed by atoms with E-state index in [0.29, 0.717) is 0 Å². The van der Waals surface area contributed by atoms with Gasteiger partial charge >= 0.3 is 6.18 Å². The van der Waals surface area contributed by atoms with E-state index in [9.17, 15) is 18.0 Å². The number of carbonyl (C=O) groups is 1. The van der Waals surface area contributed by atoms with Crippen molar-refractivity contribution in [2.45, 2.75) is 6.18 Å². The molecule has 0 atom stereocenters. The molecule has 4 nitrogen and oxygen atoms in total. The van der Waals surface area contributed by atoms with Gasteiger partial charge < -0.3 is 5.32 Å². The summed E-state index contributed by atoms with van der Waals surface area (Å²) in [5, 5.41) is 6.34. The number of rotatable bonds is 6. The number of halogens is 3. The Morgan fingerprint density at radius 2 is 1.84 bits per heavy atom. The molecule has 2 aromatic carbocycles. The minimum Gasteiger partial charge on any atom is -0.376 e. The summed E-state index contributed by atoms with van der Waals surface area (Å²) < 4.78 is 37.8. The van der Waals surface area contributed by atoms with Crippen molar-refractivity contribution in [3.8, 4) is 0 Å². The van der Waals surface area contributed by atoms with E-state index in [4.69, 9.17) is 0 Å². The molecule has 0 aliphatic rings. The smallest absolute Gasteiger partial charge is 0.376 e. The summed E-state index contributed by atoms with van der Waals surface area (Å²) in [6.45, 7) is -0.193. The number of allylic oxidation sites excluding steroid dienone is 1. The Labute approximate surface area is 143 Å². The molecule has 2 N–H and O–H groups in total. The van der Waals surface area contributed by atoms with E-state index in [1.165, 1.54) is 18.3 Å². The van der Waals surface area contributed by atoms with E-state index in [0.717, 1.165) is 17.7 Å². The molecule has 1 amide bonds. The Balaban J connectivity index is 1.77. The largest absolute Gasteiger partial charge is 0.416 e. The number of nitrogens with one attached hydrogen (secondary N) is 2. The van der Waals surface area contributed by atoms with Crippen molar-refractivity contribution in [3.63, 3.8) is 0 Å². The molecule has 2 rings (SSSR count). The van der Waals surface area contributed by atoms with Gasteiger partial charge in [-0.3, -0.25) is 4.79 Å². The fourth-order valence-corrected chi connectivity index (χ4v) is 1.90. The van der Waals surface area contributed by atoms with E-state index in [-0.39, 0.29) is 12.2 Å². The van der Waals surface area contributed by atoms with Gasteiger partial charge in [0.2, 0.25) is 0 Å². The number of anilines is 1. The van der Waals surface area contributed by atoms with Crippen LogP contribution in [-0.2, 0) is 11.0 Å². The van der Waals surface area contributed by atoms with Gasteiger partial charge in [-0.2, -0.15) is 18.3 Å². The van der Waals surface area contributed by atoms with Gasteiger partial charge in [-0.05, 0) is 29.8 Å². The van der Waals surface area contributed by atoms with Crippen LogP contribution in [0.1, 0.15) is 11.1 Å². The minimum absolute atomic E-state index is 0.193. The van der Waals surface area contributed by atoms with Gasteiger partial charge in [0.25, 0.3) is 5.91 Å². The quantitative estimate of drug-likeness (QED) is 0.614. The van der Waals surface area contributed by atoms with E-state index >= 15 is 0 Å². The number of benzene rings is 2. The van der Waals surface area contributed by atoms with Crippen LogP contribution in [0.4, 0.5) is 18.9 Å². The van der Waals surface area contributed by atoms with Crippen LogP contribution in [0.2, 0.25) is 0 Å². The molecule has 0 fully saturated rings. The Morgan fingerprint density at radius 1 is 1.08 bits per heavy atom. The van der Waals surface area contributed by atoms with Crippen LogP contribution in [0.15, 0.2) is 65.8 Å². The van der Waals surface area contributed by atoms with Gasteiger partial charge in [-0.25, -0.2) is 5.43 Å². The maximum atomic E-state index is 12.6. The monoisotopic (exact) mass is 347 g/mol. The topological polar surface area (TPSA) is 53.5 Å². The zero-order chi connectivity index (χ0) is 18.1. The molecule has 0 aliphatic heterocycles. The highest BCUT2D eigenvalue weighted by Gasteiger charge is 2.30. The second-order valence-corrected chi connectivity index (χ2v) is 5.02. The molecule has 0 saturated carbocycles. The van der Waals surface area contributed by atoms with Crippen molar-refractivity contribution in [2.24, 2.45) is 5.10 Å². The maximum absolute atomic E-state index is 12.6. The van der Waals surface area contributed by atoms with E-state index < -0.39 is 17.6 Å². The van der Waals surface area contributed by atoms with Crippen LogP contribution in [0.5, 0.6) is 0 Å². The lowest BCUT2D eigenvalue weighted by Gasteiger charge is -2.09. The summed E-state index contributed by atoms with van der Waals surface area (Å²) in [4.78, 5) is 11.6. The highest BCUT2D eigenvalue weighted by molar-refractivity contribution is 5.83. The zero-order valence-corrected chi connectivity index (χ0v) is 13.1. The average molecular weight is 347 g/mol. The fourth-order valence-electron chi connectivity index (χ4n) is 1.90. The molecule has 7 heteroatoms. The van der Waals surface area contributed by atoms with Crippen LogP contribution in [0, 0.1) is 0 Å². The minimum atomic E-state index is -4.42. The number of amides is 1. The van der Waals surface area contributed by atoms with E-state index in [2.05, 4.69) is 15.8 Å². The molecule has 0 bridgehead atoms. The number of carbonyl (C=O) groups excluding carboxylic acids is 1. The van der Waals surface area contributed by atoms with Gasteiger partial charge in [-0.15, -0.1) is 0 Å². The molecule has 0 spiro atoms. The molecule has 0 saturated heterocycles. The summed E-state index contributed by atoms with van der Waals surface area (Å²) in [6.07, 6.45) is 0.469. The standard InChI is InChI=1S/C18H16F3N3O/c19-18(20,21)15-9-4-10-16(12-15)22-13-17(25)24-23-11-5-8-14-6-2-1-3-7-14/h1-12,22H,13H2,(H,24,25). The molecular formula is C18H16F3N3O. The number of alkyl halides is 3. The van der Waals surface area contributed by atoms with E-state index in [1.54, 1.807) is 6.08 Å². The predicted molar refractivity (Wildman–Crippen MR) is 92.0 cm³/mol. The number of hydrogen-bond donors (Lipinski definition) is 2. The first-order chi connectivity index (χ1) is 11.9. The number of hydrazone groups is 1. The maximum Gasteiger partial charge on any atom is 0.416 e. The average Bonchev–Trinajstić information content (AvgIpc) is 2.60. The summed E-state index contributed by atoms with van der Waals surface area (Å²) in [7, 11) is 0. The molecule has 0 radical (unpaired) electrons. The molecule has 0 aliphatic carbocycles. The molecule has 0 unspecified atom stereocenters. The van der Waals surface area contributed by atoms with Crippen LogP contribution >= 0.6 is 0 Å². The summed E-state index contributed by atoms with van der Waals surface area (Å²) in [5.74, 6) is -0.471. The van der Waals surface area contributed by atoms with Gasteiger partial charge in [0.15, 0.2) is 0 Å². The first kappa shape index (κ1) is 18.3. The highest BCUT2D eigenvalue weighted by atomic mass is 19.4. The van der Waals surface area contributed by atoms with Gasteiger partial charge in [0.1, 0.15) is 0 Å². The van der Waals surface area contributed by atoms with Crippen molar-refractivity contribution in [3.05, 3.63) is 71.8 Å². The lowest BCUT2D eigenvalue weighted by molar-refractivity contribution is -0.137. The van der Waals surface area contributed by atoms with Crippen molar-refractivity contribution in [1.29, 1.82) is 0 Å². The van der Waals surface area contributed by atoms with Crippen LogP contribution < -0.4 is 10.7 Å². The van der Waals surface area contributed by atoms with Crippen molar-refractivity contribution < 1.29 is 18.0 Å². The third-order valence-corrected chi connectivity index (χ3v) is 3.08. The van der Waals surface area contributed by atoms with Crippen molar-refractivity contribution in [2.75, 3.05) is 11.9 Å². The highest BCUT2D eigenvalue weighted by Crippen LogP contribution is 2.30. The van der Waals surface area contributed by atoms with Crippen LogP contribution in [-0.4, -0.2) is 18.7 Å². The zero-order valence-electron chi connectivity index (χ0n) is 13.1. The van der Waals surface area contributed by atoms with Crippen molar-refractivity contribution in [1.82, 2.24) is 5.43 Å². The van der Waals surface area contributed by atoms with Gasteiger partial charge in [-0.1, -0.05) is 42.5 Å². The predicted octanol–water partition coefficient (Wildman–Crippen LogP) is 3.93. The summed E-state index contributed by atoms with van der Waals surface area (Å²) >= 11 is 0. The van der Waals surface area contributed by atoms with E-state index in [1.807, 2.05) is 36.4 Å².